The molecule has 0 saturated carbocycles. The van der Waals surface area contributed by atoms with E-state index in [-0.39, 0.29) is 6.04 Å². The number of hydrogen-bond donors (Lipinski definition) is 1. The lowest BCUT2D eigenvalue weighted by Crippen LogP contribution is -2.33. The van der Waals surface area contributed by atoms with Gasteiger partial charge in [0.05, 0.1) is 12.6 Å². The third kappa shape index (κ3) is 4.12. The maximum Gasteiger partial charge on any atom is 0.158 e. The van der Waals surface area contributed by atoms with Crippen LogP contribution in [0.25, 0.3) is 0 Å². The Bertz CT molecular complexity index is 373. The van der Waals surface area contributed by atoms with Crippen LogP contribution in [0.2, 0.25) is 0 Å². The van der Waals surface area contributed by atoms with Gasteiger partial charge in [0.15, 0.2) is 5.82 Å². The Kier molecular flexibility index (Phi) is 5.80. The van der Waals surface area contributed by atoms with Gasteiger partial charge in [0, 0.05) is 26.8 Å². The van der Waals surface area contributed by atoms with E-state index in [9.17, 15) is 0 Å². The molecule has 6 heteroatoms. The van der Waals surface area contributed by atoms with E-state index in [1.807, 2.05) is 18.9 Å². The molecule has 1 rings (SSSR count). The second kappa shape index (κ2) is 7.13. The third-order valence-corrected chi connectivity index (χ3v) is 2.64. The molecule has 0 aromatic carbocycles. The highest BCUT2D eigenvalue weighted by Gasteiger charge is 2.13. The molecular formula is C12H22N4O2. The van der Waals surface area contributed by atoms with Gasteiger partial charge in [-0.3, -0.25) is 0 Å². The lowest BCUT2D eigenvalue weighted by atomic mass is 10.3. The first kappa shape index (κ1) is 14.7. The minimum atomic E-state index is 0.212. The average molecular weight is 254 g/mol. The van der Waals surface area contributed by atoms with Crippen molar-refractivity contribution in [3.63, 3.8) is 0 Å². The fourth-order valence-corrected chi connectivity index (χ4v) is 1.52. The molecule has 0 bridgehead atoms. The molecule has 0 spiro atoms. The van der Waals surface area contributed by atoms with E-state index < -0.39 is 0 Å². The summed E-state index contributed by atoms with van der Waals surface area (Å²) in [6.07, 6.45) is 0. The number of anilines is 2. The van der Waals surface area contributed by atoms with Crippen LogP contribution >= 0.6 is 0 Å². The summed E-state index contributed by atoms with van der Waals surface area (Å²) in [4.78, 5) is 10.6. The van der Waals surface area contributed by atoms with Gasteiger partial charge in [-0.2, -0.15) is 0 Å². The van der Waals surface area contributed by atoms with Gasteiger partial charge in [0.1, 0.15) is 18.2 Å². The summed E-state index contributed by atoms with van der Waals surface area (Å²) in [5, 5.41) is 0. The fraction of sp³-hybridized carbons (Fsp3) is 0.667. The number of aromatic nitrogens is 2. The van der Waals surface area contributed by atoms with Crippen molar-refractivity contribution in [3.8, 4) is 0 Å². The SMILES string of the molecule is CCOCc1nc(N)cc(N(C)C(C)COC)n1. The van der Waals surface area contributed by atoms with Crippen molar-refractivity contribution in [1.29, 1.82) is 0 Å². The van der Waals surface area contributed by atoms with Crippen LogP contribution < -0.4 is 10.6 Å². The zero-order valence-corrected chi connectivity index (χ0v) is 11.5. The Labute approximate surface area is 108 Å². The van der Waals surface area contributed by atoms with Gasteiger partial charge >= 0.3 is 0 Å². The molecule has 0 fully saturated rings. The predicted octanol–water partition coefficient (Wildman–Crippen LogP) is 1.07. The standard InChI is InChI=1S/C12H22N4O2/c1-5-18-8-11-14-10(13)6-12(15-11)16(3)9(2)7-17-4/h6,9H,5,7-8H2,1-4H3,(H2,13,14,15). The number of ether oxygens (including phenoxy) is 2. The number of nitrogens with zero attached hydrogens (tertiary/aromatic N) is 3. The molecule has 0 aliphatic carbocycles. The molecule has 2 N–H and O–H groups in total. The van der Waals surface area contributed by atoms with Crippen molar-refractivity contribution in [3.05, 3.63) is 11.9 Å². The van der Waals surface area contributed by atoms with Crippen molar-refractivity contribution in [2.75, 3.05) is 38.0 Å². The topological polar surface area (TPSA) is 73.5 Å². The van der Waals surface area contributed by atoms with Gasteiger partial charge in [0.25, 0.3) is 0 Å². The maximum absolute atomic E-state index is 5.78. The van der Waals surface area contributed by atoms with Crippen LogP contribution in [0.1, 0.15) is 19.7 Å². The van der Waals surface area contributed by atoms with Crippen LogP contribution in [-0.2, 0) is 16.1 Å². The van der Waals surface area contributed by atoms with Crippen LogP contribution in [0.3, 0.4) is 0 Å². The Morgan fingerprint density at radius 1 is 1.44 bits per heavy atom. The molecule has 0 aliphatic heterocycles. The van der Waals surface area contributed by atoms with Gasteiger partial charge in [-0.25, -0.2) is 9.97 Å². The molecule has 0 amide bonds. The predicted molar refractivity (Wildman–Crippen MR) is 71.5 cm³/mol. The summed E-state index contributed by atoms with van der Waals surface area (Å²) >= 11 is 0. The molecule has 0 radical (unpaired) electrons. The monoisotopic (exact) mass is 254 g/mol. The molecule has 18 heavy (non-hydrogen) atoms. The number of nitrogens with two attached hydrogens (primary N) is 1. The van der Waals surface area contributed by atoms with Crippen LogP contribution in [0, 0.1) is 0 Å². The average Bonchev–Trinajstić information content (AvgIpc) is 2.35. The molecule has 1 aromatic rings. The summed E-state index contributed by atoms with van der Waals surface area (Å²) in [5.41, 5.74) is 5.78. The van der Waals surface area contributed by atoms with Crippen molar-refractivity contribution < 1.29 is 9.47 Å². The van der Waals surface area contributed by atoms with E-state index in [0.29, 0.717) is 31.5 Å². The zero-order chi connectivity index (χ0) is 13.5. The van der Waals surface area contributed by atoms with Crippen LogP contribution in [-0.4, -0.2) is 43.4 Å². The van der Waals surface area contributed by atoms with E-state index in [0.717, 1.165) is 5.82 Å². The number of hydrogen-bond acceptors (Lipinski definition) is 6. The van der Waals surface area contributed by atoms with Crippen molar-refractivity contribution in [2.45, 2.75) is 26.5 Å². The van der Waals surface area contributed by atoms with E-state index >= 15 is 0 Å². The van der Waals surface area contributed by atoms with Gasteiger partial charge in [-0.05, 0) is 13.8 Å². The summed E-state index contributed by atoms with van der Waals surface area (Å²) in [6.45, 7) is 5.62. The molecule has 0 aliphatic rings. The number of rotatable bonds is 7. The Hall–Kier alpha value is -1.40. The van der Waals surface area contributed by atoms with Gasteiger partial charge < -0.3 is 20.1 Å². The summed E-state index contributed by atoms with van der Waals surface area (Å²) < 4.78 is 10.4. The summed E-state index contributed by atoms with van der Waals surface area (Å²) in [7, 11) is 3.63. The van der Waals surface area contributed by atoms with E-state index in [4.69, 9.17) is 15.2 Å². The quantitative estimate of drug-likeness (QED) is 0.784. The van der Waals surface area contributed by atoms with Crippen LogP contribution in [0.15, 0.2) is 6.07 Å². The highest BCUT2D eigenvalue weighted by atomic mass is 16.5. The lowest BCUT2D eigenvalue weighted by Gasteiger charge is -2.25. The minimum Gasteiger partial charge on any atom is -0.384 e. The fourth-order valence-electron chi connectivity index (χ4n) is 1.52. The van der Waals surface area contributed by atoms with E-state index in [1.54, 1.807) is 13.2 Å². The summed E-state index contributed by atoms with van der Waals surface area (Å²) in [6, 6.07) is 1.96. The molecule has 1 aromatic heterocycles. The Morgan fingerprint density at radius 2 is 2.17 bits per heavy atom. The molecule has 1 unspecified atom stereocenters. The third-order valence-electron chi connectivity index (χ3n) is 2.64. The van der Waals surface area contributed by atoms with Crippen molar-refractivity contribution in [2.24, 2.45) is 0 Å². The molecule has 102 valence electrons. The summed E-state index contributed by atoms with van der Waals surface area (Å²) in [5.74, 6) is 1.83. The molecule has 1 atom stereocenters. The van der Waals surface area contributed by atoms with Gasteiger partial charge in [-0.15, -0.1) is 0 Å². The minimum absolute atomic E-state index is 0.212. The normalized spacial score (nSPS) is 12.4. The largest absolute Gasteiger partial charge is 0.384 e. The van der Waals surface area contributed by atoms with Crippen molar-refractivity contribution in [1.82, 2.24) is 9.97 Å². The first-order chi connectivity index (χ1) is 8.58. The van der Waals surface area contributed by atoms with Gasteiger partial charge in [0.2, 0.25) is 0 Å². The lowest BCUT2D eigenvalue weighted by molar-refractivity contribution is 0.128. The highest BCUT2D eigenvalue weighted by Crippen LogP contribution is 2.15. The first-order valence-corrected chi connectivity index (χ1v) is 6.01. The Balaban J connectivity index is 2.84. The molecule has 6 nitrogen and oxygen atoms in total. The number of likely N-dealkylation sites (N-methyl/N-ethyl adjacent to an activating group) is 1. The molecule has 1 heterocycles. The van der Waals surface area contributed by atoms with Gasteiger partial charge in [-0.1, -0.05) is 0 Å². The number of methoxy groups -OCH3 is 1. The Morgan fingerprint density at radius 3 is 2.78 bits per heavy atom. The zero-order valence-electron chi connectivity index (χ0n) is 11.5. The first-order valence-electron chi connectivity index (χ1n) is 6.01. The van der Waals surface area contributed by atoms with Crippen LogP contribution in [0.5, 0.6) is 0 Å². The second-order valence-electron chi connectivity index (χ2n) is 4.12. The van der Waals surface area contributed by atoms with E-state index in [1.165, 1.54) is 0 Å². The van der Waals surface area contributed by atoms with Crippen LogP contribution in [0.4, 0.5) is 11.6 Å². The highest BCUT2D eigenvalue weighted by molar-refractivity contribution is 5.47. The molecular weight excluding hydrogens is 232 g/mol. The smallest absolute Gasteiger partial charge is 0.158 e. The van der Waals surface area contributed by atoms with E-state index in [2.05, 4.69) is 16.9 Å². The molecule has 0 saturated heterocycles. The number of nitrogen functional groups attached to an aromatic ring is 1. The second-order valence-corrected chi connectivity index (χ2v) is 4.12. The maximum atomic E-state index is 5.78. The van der Waals surface area contributed by atoms with Crippen molar-refractivity contribution >= 4 is 11.6 Å².